The van der Waals surface area contributed by atoms with Crippen LogP contribution in [0.15, 0.2) is 23.6 Å². The zero-order valence-corrected chi connectivity index (χ0v) is 12.8. The van der Waals surface area contributed by atoms with E-state index in [0.29, 0.717) is 16.6 Å². The van der Waals surface area contributed by atoms with Crippen molar-refractivity contribution in [1.29, 1.82) is 0 Å². The van der Waals surface area contributed by atoms with Crippen LogP contribution in [0, 0.1) is 6.92 Å². The van der Waals surface area contributed by atoms with Crippen LogP contribution in [0.1, 0.15) is 29.2 Å². The number of aromatic nitrogens is 2. The van der Waals surface area contributed by atoms with E-state index in [-0.39, 0.29) is 6.04 Å². The van der Waals surface area contributed by atoms with Crippen molar-refractivity contribution in [2.75, 3.05) is 11.9 Å². The maximum Gasteiger partial charge on any atom is 0.226 e. The van der Waals surface area contributed by atoms with Gasteiger partial charge in [0, 0.05) is 17.6 Å². The van der Waals surface area contributed by atoms with Crippen LogP contribution in [-0.4, -0.2) is 22.0 Å². The Labute approximate surface area is 122 Å². The van der Waals surface area contributed by atoms with Gasteiger partial charge in [0.15, 0.2) is 0 Å². The number of rotatable bonds is 4. The van der Waals surface area contributed by atoms with Gasteiger partial charge in [0.05, 0.1) is 6.04 Å². The fourth-order valence-corrected chi connectivity index (χ4v) is 2.66. The summed E-state index contributed by atoms with van der Waals surface area (Å²) in [6, 6.07) is 6.16. The van der Waals surface area contributed by atoms with Crippen molar-refractivity contribution in [3.63, 3.8) is 0 Å². The minimum Gasteiger partial charge on any atom is -0.388 e. The topological polar surface area (TPSA) is 55.0 Å². The minimum atomic E-state index is 0.209. The molecule has 2 aromatic heterocycles. The predicted octanol–water partition coefficient (Wildman–Crippen LogP) is 2.68. The first-order valence-electron chi connectivity index (χ1n) is 5.90. The van der Waals surface area contributed by atoms with Gasteiger partial charge in [-0.1, -0.05) is 18.3 Å². The highest BCUT2D eigenvalue weighted by Crippen LogP contribution is 2.26. The molecule has 6 heteroatoms. The largest absolute Gasteiger partial charge is 0.388 e. The van der Waals surface area contributed by atoms with E-state index in [0.717, 1.165) is 5.69 Å². The molecule has 0 aliphatic rings. The smallest absolute Gasteiger partial charge is 0.226 e. The van der Waals surface area contributed by atoms with E-state index in [1.165, 1.54) is 4.88 Å². The van der Waals surface area contributed by atoms with Crippen LogP contribution in [0.5, 0.6) is 0 Å². The van der Waals surface area contributed by atoms with E-state index < -0.39 is 0 Å². The number of anilines is 1. The Bertz CT molecular complexity index is 580. The Hall–Kier alpha value is -1.53. The molecule has 0 radical (unpaired) electrons. The number of thiophene rings is 1. The average Bonchev–Trinajstić information content (AvgIpc) is 2.90. The Morgan fingerprint density at radius 1 is 1.47 bits per heavy atom. The monoisotopic (exact) mass is 292 g/mol. The lowest BCUT2D eigenvalue weighted by molar-refractivity contribution is 0.724. The highest BCUT2D eigenvalue weighted by Gasteiger charge is 2.16. The molecular formula is C13H16N4S2. The van der Waals surface area contributed by atoms with Gasteiger partial charge < -0.3 is 10.6 Å². The van der Waals surface area contributed by atoms with Crippen LogP contribution >= 0.6 is 23.6 Å². The van der Waals surface area contributed by atoms with E-state index in [1.807, 2.05) is 24.9 Å². The molecule has 0 bridgehead atoms. The summed E-state index contributed by atoms with van der Waals surface area (Å²) in [4.78, 5) is 12.5. The second-order valence-corrected chi connectivity index (χ2v) is 5.78. The lowest BCUT2D eigenvalue weighted by atomic mass is 10.2. The van der Waals surface area contributed by atoms with Gasteiger partial charge in [0.1, 0.15) is 10.7 Å². The molecule has 0 aliphatic heterocycles. The Kier molecular flexibility index (Phi) is 4.11. The molecule has 1 unspecified atom stereocenters. The molecule has 0 saturated heterocycles. The quantitative estimate of drug-likeness (QED) is 0.878. The summed E-state index contributed by atoms with van der Waals surface area (Å²) in [5.74, 6) is 0.642. The molecule has 2 aromatic rings. The lowest BCUT2D eigenvalue weighted by Gasteiger charge is -2.24. The molecule has 100 valence electrons. The first-order valence-corrected chi connectivity index (χ1v) is 7.19. The molecular weight excluding hydrogens is 276 g/mol. The molecule has 0 fully saturated rings. The van der Waals surface area contributed by atoms with E-state index in [4.69, 9.17) is 18.0 Å². The molecule has 19 heavy (non-hydrogen) atoms. The summed E-state index contributed by atoms with van der Waals surface area (Å²) in [5.41, 5.74) is 7.12. The van der Waals surface area contributed by atoms with Crippen LogP contribution in [0.3, 0.4) is 0 Å². The number of nitrogens with two attached hydrogens (primary N) is 1. The van der Waals surface area contributed by atoms with Gasteiger partial charge in [0.2, 0.25) is 5.95 Å². The average molecular weight is 292 g/mol. The van der Waals surface area contributed by atoms with Crippen LogP contribution in [0.25, 0.3) is 0 Å². The standard InChI is InChI=1S/C13H16N4S2/c1-8-7-10(12(14)18)16-13(15-8)17(3)9(2)11-5-4-6-19-11/h4-7,9H,1-3H3,(H2,14,18). The number of hydrogen-bond acceptors (Lipinski definition) is 5. The molecule has 2 heterocycles. The number of nitrogens with zero attached hydrogens (tertiary/aromatic N) is 3. The minimum absolute atomic E-state index is 0.209. The summed E-state index contributed by atoms with van der Waals surface area (Å²) in [6.07, 6.45) is 0. The van der Waals surface area contributed by atoms with Gasteiger partial charge in [0.25, 0.3) is 0 Å². The molecule has 0 aromatic carbocycles. The van der Waals surface area contributed by atoms with Crippen molar-refractivity contribution in [3.8, 4) is 0 Å². The fraction of sp³-hybridized carbons (Fsp3) is 0.308. The van der Waals surface area contributed by atoms with Gasteiger partial charge in [-0.25, -0.2) is 9.97 Å². The highest BCUT2D eigenvalue weighted by molar-refractivity contribution is 7.80. The third-order valence-corrected chi connectivity index (χ3v) is 4.20. The Morgan fingerprint density at radius 2 is 2.21 bits per heavy atom. The zero-order chi connectivity index (χ0) is 14.0. The van der Waals surface area contributed by atoms with Gasteiger partial charge in [-0.3, -0.25) is 0 Å². The van der Waals surface area contributed by atoms with E-state index in [9.17, 15) is 0 Å². The van der Waals surface area contributed by atoms with Crippen LogP contribution in [-0.2, 0) is 0 Å². The molecule has 0 aliphatic carbocycles. The fourth-order valence-electron chi connectivity index (χ4n) is 1.73. The first kappa shape index (κ1) is 13.9. The van der Waals surface area contributed by atoms with Crippen molar-refractivity contribution in [1.82, 2.24) is 9.97 Å². The van der Waals surface area contributed by atoms with Crippen molar-refractivity contribution in [2.45, 2.75) is 19.9 Å². The summed E-state index contributed by atoms with van der Waals surface area (Å²) in [7, 11) is 1.97. The third kappa shape index (κ3) is 3.08. The Morgan fingerprint density at radius 3 is 2.79 bits per heavy atom. The van der Waals surface area contributed by atoms with Gasteiger partial charge in [-0.15, -0.1) is 11.3 Å². The van der Waals surface area contributed by atoms with Crippen molar-refractivity contribution >= 4 is 34.5 Å². The van der Waals surface area contributed by atoms with Crippen LogP contribution < -0.4 is 10.6 Å². The SMILES string of the molecule is Cc1cc(C(N)=S)nc(N(C)C(C)c2cccs2)n1. The van der Waals surface area contributed by atoms with Crippen LogP contribution in [0.4, 0.5) is 5.95 Å². The second kappa shape index (κ2) is 5.63. The highest BCUT2D eigenvalue weighted by atomic mass is 32.1. The molecule has 0 amide bonds. The van der Waals surface area contributed by atoms with Crippen molar-refractivity contribution in [3.05, 3.63) is 39.8 Å². The summed E-state index contributed by atoms with van der Waals surface area (Å²) in [5, 5.41) is 2.07. The number of thiocarbonyl (C=S) groups is 1. The van der Waals surface area contributed by atoms with Gasteiger partial charge in [-0.05, 0) is 31.4 Å². The summed E-state index contributed by atoms with van der Waals surface area (Å²) in [6.45, 7) is 4.04. The Balaban J connectivity index is 2.33. The molecule has 4 nitrogen and oxygen atoms in total. The number of hydrogen-bond donors (Lipinski definition) is 1. The van der Waals surface area contributed by atoms with E-state index >= 15 is 0 Å². The maximum atomic E-state index is 5.65. The second-order valence-electron chi connectivity index (χ2n) is 4.36. The van der Waals surface area contributed by atoms with Crippen molar-refractivity contribution in [2.24, 2.45) is 5.73 Å². The van der Waals surface area contributed by atoms with E-state index in [2.05, 4.69) is 28.3 Å². The molecule has 0 spiro atoms. The lowest BCUT2D eigenvalue weighted by Crippen LogP contribution is -2.25. The summed E-state index contributed by atoms with van der Waals surface area (Å²) < 4.78 is 0. The maximum absolute atomic E-state index is 5.65. The van der Waals surface area contributed by atoms with Gasteiger partial charge in [-0.2, -0.15) is 0 Å². The molecule has 1 atom stereocenters. The first-order chi connectivity index (χ1) is 8.99. The normalized spacial score (nSPS) is 12.2. The molecule has 0 saturated carbocycles. The third-order valence-electron chi connectivity index (χ3n) is 2.95. The molecule has 2 N–H and O–H groups in total. The van der Waals surface area contributed by atoms with E-state index in [1.54, 1.807) is 17.4 Å². The zero-order valence-electron chi connectivity index (χ0n) is 11.1. The number of aryl methyl sites for hydroxylation is 1. The summed E-state index contributed by atoms with van der Waals surface area (Å²) >= 11 is 6.71. The van der Waals surface area contributed by atoms with Crippen molar-refractivity contribution < 1.29 is 0 Å². The van der Waals surface area contributed by atoms with Crippen LogP contribution in [0.2, 0.25) is 0 Å². The molecule has 2 rings (SSSR count). The van der Waals surface area contributed by atoms with Gasteiger partial charge >= 0.3 is 0 Å². The predicted molar refractivity (Wildman–Crippen MR) is 83.8 cm³/mol.